The Bertz CT molecular complexity index is 838. The summed E-state index contributed by atoms with van der Waals surface area (Å²) >= 11 is 5.96. The lowest BCUT2D eigenvalue weighted by molar-refractivity contribution is -0.149. The van der Waals surface area contributed by atoms with E-state index in [0.29, 0.717) is 11.4 Å². The van der Waals surface area contributed by atoms with Gasteiger partial charge < -0.3 is 20.1 Å². The zero-order chi connectivity index (χ0) is 25.9. The van der Waals surface area contributed by atoms with Crippen molar-refractivity contribution in [2.75, 3.05) is 13.2 Å². The van der Waals surface area contributed by atoms with Gasteiger partial charge >= 0.3 is 11.9 Å². The van der Waals surface area contributed by atoms with Crippen molar-refractivity contribution in [2.24, 2.45) is 5.92 Å². The molecule has 0 spiro atoms. The second kappa shape index (κ2) is 13.9. The van der Waals surface area contributed by atoms with E-state index in [4.69, 9.17) is 21.1 Å². The van der Waals surface area contributed by atoms with Gasteiger partial charge in [-0.05, 0) is 64.2 Å². The van der Waals surface area contributed by atoms with E-state index in [-0.39, 0.29) is 37.9 Å². The third kappa shape index (κ3) is 9.33. The smallest absolute Gasteiger partial charge is 0.328 e. The normalized spacial score (nSPS) is 13.1. The summed E-state index contributed by atoms with van der Waals surface area (Å²) < 4.78 is 9.96. The van der Waals surface area contributed by atoms with E-state index < -0.39 is 35.3 Å². The zero-order valence-corrected chi connectivity index (χ0v) is 21.7. The minimum absolute atomic E-state index is 0.0298. The molecule has 0 heterocycles. The Balaban J connectivity index is 3.01. The van der Waals surface area contributed by atoms with E-state index >= 15 is 0 Å². The molecule has 0 aliphatic rings. The van der Waals surface area contributed by atoms with Crippen LogP contribution in [0.3, 0.4) is 0 Å². The van der Waals surface area contributed by atoms with E-state index in [0.717, 1.165) is 5.56 Å². The highest BCUT2D eigenvalue weighted by molar-refractivity contribution is 6.30. The van der Waals surface area contributed by atoms with E-state index in [1.807, 2.05) is 13.8 Å². The molecule has 0 aliphatic heterocycles. The van der Waals surface area contributed by atoms with Crippen LogP contribution in [0.1, 0.15) is 66.4 Å². The third-order valence-corrected chi connectivity index (χ3v) is 5.54. The fourth-order valence-corrected chi connectivity index (χ4v) is 3.42. The number of carbonyl (C=O) groups excluding carboxylic acids is 4. The van der Waals surface area contributed by atoms with Gasteiger partial charge in [0.2, 0.25) is 11.8 Å². The fourth-order valence-electron chi connectivity index (χ4n) is 3.30. The molecule has 0 aromatic heterocycles. The molecule has 0 radical (unpaired) electrons. The van der Waals surface area contributed by atoms with Crippen LogP contribution < -0.4 is 10.6 Å². The largest absolute Gasteiger partial charge is 0.466 e. The van der Waals surface area contributed by atoms with Gasteiger partial charge in [0.05, 0.1) is 18.6 Å². The molecule has 1 aromatic rings. The van der Waals surface area contributed by atoms with Gasteiger partial charge in [-0.3, -0.25) is 14.4 Å². The highest BCUT2D eigenvalue weighted by Crippen LogP contribution is 2.25. The summed E-state index contributed by atoms with van der Waals surface area (Å²) in [5.41, 5.74) is -0.179. The van der Waals surface area contributed by atoms with Gasteiger partial charge in [0.1, 0.15) is 12.1 Å². The Kier molecular flexibility index (Phi) is 12.1. The molecule has 0 bridgehead atoms. The van der Waals surface area contributed by atoms with Crippen LogP contribution in [0.2, 0.25) is 5.02 Å². The zero-order valence-electron chi connectivity index (χ0n) is 20.9. The molecule has 0 saturated carbocycles. The second-order valence-corrected chi connectivity index (χ2v) is 9.38. The molecule has 1 aromatic carbocycles. The van der Waals surface area contributed by atoms with Gasteiger partial charge in [0.25, 0.3) is 0 Å². The second-order valence-electron chi connectivity index (χ2n) is 8.94. The molecular weight excluding hydrogens is 460 g/mol. The summed E-state index contributed by atoms with van der Waals surface area (Å²) in [7, 11) is 0. The van der Waals surface area contributed by atoms with Crippen LogP contribution in [-0.2, 0) is 34.1 Å². The highest BCUT2D eigenvalue weighted by Gasteiger charge is 2.34. The Morgan fingerprint density at radius 3 is 2.06 bits per heavy atom. The number of carbonyl (C=O) groups is 4. The Hall–Kier alpha value is -2.61. The Labute approximate surface area is 207 Å². The number of amides is 2. The minimum Gasteiger partial charge on any atom is -0.466 e. The number of hydrogen-bond acceptors (Lipinski definition) is 6. The summed E-state index contributed by atoms with van der Waals surface area (Å²) in [6.45, 7) is 11.1. The van der Waals surface area contributed by atoms with Crippen LogP contribution in [0.25, 0.3) is 0 Å². The van der Waals surface area contributed by atoms with Crippen LogP contribution in [-0.4, -0.2) is 49.1 Å². The first-order valence-corrected chi connectivity index (χ1v) is 12.0. The molecule has 1 rings (SSSR count). The molecule has 0 aliphatic carbocycles. The lowest BCUT2D eigenvalue weighted by atomic mass is 9.83. The molecule has 0 saturated heterocycles. The van der Waals surface area contributed by atoms with Crippen LogP contribution in [0.15, 0.2) is 24.3 Å². The number of hydrogen-bond donors (Lipinski definition) is 2. The van der Waals surface area contributed by atoms with Crippen LogP contribution in [0, 0.1) is 5.92 Å². The molecule has 8 nitrogen and oxygen atoms in total. The molecule has 190 valence electrons. The summed E-state index contributed by atoms with van der Waals surface area (Å²) in [5.74, 6) is -1.87. The van der Waals surface area contributed by atoms with Gasteiger partial charge in [-0.1, -0.05) is 37.6 Å². The van der Waals surface area contributed by atoms with Crippen molar-refractivity contribution in [3.63, 3.8) is 0 Å². The first-order chi connectivity index (χ1) is 15.9. The van der Waals surface area contributed by atoms with E-state index in [2.05, 4.69) is 10.6 Å². The van der Waals surface area contributed by atoms with Crippen molar-refractivity contribution in [2.45, 2.75) is 78.3 Å². The molecule has 0 fully saturated rings. The maximum atomic E-state index is 13.2. The van der Waals surface area contributed by atoms with E-state index in [9.17, 15) is 19.2 Å². The van der Waals surface area contributed by atoms with Gasteiger partial charge in [0, 0.05) is 11.4 Å². The van der Waals surface area contributed by atoms with Crippen molar-refractivity contribution in [3.8, 4) is 0 Å². The predicted octanol–water partition coefficient (Wildman–Crippen LogP) is 3.54. The first kappa shape index (κ1) is 29.4. The summed E-state index contributed by atoms with van der Waals surface area (Å²) in [6.07, 6.45) is 0.339. The van der Waals surface area contributed by atoms with Gasteiger partial charge in [-0.2, -0.15) is 0 Å². The minimum atomic E-state index is -1.03. The van der Waals surface area contributed by atoms with Crippen molar-refractivity contribution >= 4 is 35.4 Å². The third-order valence-electron chi connectivity index (χ3n) is 5.29. The summed E-state index contributed by atoms with van der Waals surface area (Å²) in [5, 5.41) is 6.05. The summed E-state index contributed by atoms with van der Waals surface area (Å²) in [6, 6.07) is 5.04. The van der Waals surface area contributed by atoms with Crippen molar-refractivity contribution < 1.29 is 28.7 Å². The van der Waals surface area contributed by atoms with E-state index in [1.54, 1.807) is 52.0 Å². The van der Waals surface area contributed by atoms with Crippen molar-refractivity contribution in [3.05, 3.63) is 34.9 Å². The lowest BCUT2D eigenvalue weighted by Gasteiger charge is -2.29. The molecule has 2 amide bonds. The Morgan fingerprint density at radius 2 is 1.53 bits per heavy atom. The van der Waals surface area contributed by atoms with Gasteiger partial charge in [-0.25, -0.2) is 4.79 Å². The Morgan fingerprint density at radius 1 is 0.941 bits per heavy atom. The first-order valence-electron chi connectivity index (χ1n) is 11.6. The maximum Gasteiger partial charge on any atom is 0.328 e. The molecule has 0 unspecified atom stereocenters. The topological polar surface area (TPSA) is 111 Å². The van der Waals surface area contributed by atoms with Crippen LogP contribution in [0.5, 0.6) is 0 Å². The average Bonchev–Trinajstić information content (AvgIpc) is 2.76. The summed E-state index contributed by atoms with van der Waals surface area (Å²) in [4.78, 5) is 50.5. The molecule has 2 N–H and O–H groups in total. The molecular formula is C25H37ClN2O6. The number of ether oxygens (including phenoxy) is 2. The monoisotopic (exact) mass is 496 g/mol. The van der Waals surface area contributed by atoms with Crippen molar-refractivity contribution in [1.82, 2.24) is 10.6 Å². The number of esters is 2. The lowest BCUT2D eigenvalue weighted by Crippen LogP contribution is -2.55. The molecule has 9 heteroatoms. The maximum absolute atomic E-state index is 13.2. The fraction of sp³-hybridized carbons (Fsp3) is 0.600. The standard InChI is InChI=1S/C25H37ClN2O6/c1-7-33-21(29)14-13-19(23(31)34-8-2)27-22(30)20(15-16(3)4)28-24(32)25(5,6)17-9-11-18(26)12-10-17/h9-12,16,19-20H,7-8,13-15H2,1-6H3,(H,27,30)(H,28,32)/t19-,20+/m1/s1. The molecule has 2 atom stereocenters. The number of benzene rings is 1. The number of halogens is 1. The molecule has 34 heavy (non-hydrogen) atoms. The van der Waals surface area contributed by atoms with Gasteiger partial charge in [0.15, 0.2) is 0 Å². The van der Waals surface area contributed by atoms with Crippen molar-refractivity contribution in [1.29, 1.82) is 0 Å². The van der Waals surface area contributed by atoms with Crippen LogP contribution in [0.4, 0.5) is 0 Å². The highest BCUT2D eigenvalue weighted by atomic mass is 35.5. The van der Waals surface area contributed by atoms with Crippen LogP contribution >= 0.6 is 11.6 Å². The quantitative estimate of drug-likeness (QED) is 0.404. The average molecular weight is 497 g/mol. The number of rotatable bonds is 13. The SMILES string of the molecule is CCOC(=O)CC[C@@H](NC(=O)[C@H](CC(C)C)NC(=O)C(C)(C)c1ccc(Cl)cc1)C(=O)OCC. The predicted molar refractivity (Wildman–Crippen MR) is 130 cm³/mol. The van der Waals surface area contributed by atoms with E-state index in [1.165, 1.54) is 0 Å². The number of nitrogens with one attached hydrogen (secondary N) is 2. The van der Waals surface area contributed by atoms with Gasteiger partial charge in [-0.15, -0.1) is 0 Å².